The van der Waals surface area contributed by atoms with E-state index in [0.717, 1.165) is 5.56 Å². The summed E-state index contributed by atoms with van der Waals surface area (Å²) in [7, 11) is -3.46. The molecule has 2 rings (SSSR count). The van der Waals surface area contributed by atoms with Gasteiger partial charge in [0.1, 0.15) is 0 Å². The maximum Gasteiger partial charge on any atom is 0.243 e. The summed E-state index contributed by atoms with van der Waals surface area (Å²) < 4.78 is 32.2. The molecule has 106 valence electrons. The van der Waals surface area contributed by atoms with Gasteiger partial charge >= 0.3 is 0 Å². The summed E-state index contributed by atoms with van der Waals surface area (Å²) in [6.45, 7) is 4.88. The Hall–Kier alpha value is -0.950. The zero-order chi connectivity index (χ0) is 14.0. The molecule has 0 aliphatic carbocycles. The molecular formula is C13H20N2O3S. The monoisotopic (exact) mass is 284 g/mol. The first-order valence-corrected chi connectivity index (χ1v) is 7.82. The second kappa shape index (κ2) is 5.58. The van der Waals surface area contributed by atoms with Crippen molar-refractivity contribution in [2.45, 2.75) is 37.5 Å². The van der Waals surface area contributed by atoms with Crippen molar-refractivity contribution in [2.75, 3.05) is 13.1 Å². The van der Waals surface area contributed by atoms with Gasteiger partial charge in [0.2, 0.25) is 10.0 Å². The van der Waals surface area contributed by atoms with E-state index in [0.29, 0.717) is 24.5 Å². The number of hydrogen-bond donors (Lipinski definition) is 1. The highest BCUT2D eigenvalue weighted by Crippen LogP contribution is 2.21. The molecule has 0 bridgehead atoms. The summed E-state index contributed by atoms with van der Waals surface area (Å²) in [5.41, 5.74) is 6.37. The molecule has 5 nitrogen and oxygen atoms in total. The molecule has 0 saturated carbocycles. The Morgan fingerprint density at radius 2 is 1.95 bits per heavy atom. The molecule has 1 fully saturated rings. The van der Waals surface area contributed by atoms with Gasteiger partial charge in [0.05, 0.1) is 17.1 Å². The van der Waals surface area contributed by atoms with Crippen LogP contribution in [0.5, 0.6) is 0 Å². The third-order valence-electron chi connectivity index (χ3n) is 3.16. The van der Waals surface area contributed by atoms with Gasteiger partial charge in [0.25, 0.3) is 0 Å². The Morgan fingerprint density at radius 1 is 1.32 bits per heavy atom. The van der Waals surface area contributed by atoms with Crippen LogP contribution in [0, 0.1) is 0 Å². The van der Waals surface area contributed by atoms with Gasteiger partial charge in [-0.1, -0.05) is 12.1 Å². The van der Waals surface area contributed by atoms with Crippen LogP contribution in [0.25, 0.3) is 0 Å². The third-order valence-corrected chi connectivity index (χ3v) is 4.99. The molecule has 6 heteroatoms. The van der Waals surface area contributed by atoms with Gasteiger partial charge in [-0.25, -0.2) is 8.42 Å². The second-order valence-corrected chi connectivity index (χ2v) is 6.87. The Balaban J connectivity index is 2.30. The van der Waals surface area contributed by atoms with E-state index in [1.807, 2.05) is 19.9 Å². The van der Waals surface area contributed by atoms with E-state index in [4.69, 9.17) is 10.5 Å². The number of nitrogens with zero attached hydrogens (tertiary/aromatic N) is 1. The standard InChI is InChI=1S/C13H20N2O3S/c1-10-8-15(9-11(2)18-10)19(16,17)13-5-3-4-12(6-13)7-14/h3-6,10-11H,7-9,14H2,1-2H3. The highest BCUT2D eigenvalue weighted by Gasteiger charge is 2.32. The van der Waals surface area contributed by atoms with Crippen molar-refractivity contribution >= 4 is 10.0 Å². The van der Waals surface area contributed by atoms with Gasteiger partial charge in [-0.3, -0.25) is 0 Å². The van der Waals surface area contributed by atoms with Crippen molar-refractivity contribution in [3.8, 4) is 0 Å². The van der Waals surface area contributed by atoms with Gasteiger partial charge in [0, 0.05) is 19.6 Å². The summed E-state index contributed by atoms with van der Waals surface area (Å²) >= 11 is 0. The van der Waals surface area contributed by atoms with E-state index >= 15 is 0 Å². The minimum absolute atomic E-state index is 0.0868. The predicted molar refractivity (Wildman–Crippen MR) is 73.1 cm³/mol. The molecule has 1 heterocycles. The lowest BCUT2D eigenvalue weighted by molar-refractivity contribution is -0.0440. The minimum atomic E-state index is -3.46. The van der Waals surface area contributed by atoms with Crippen LogP contribution in [0.15, 0.2) is 29.2 Å². The van der Waals surface area contributed by atoms with Crippen molar-refractivity contribution in [3.63, 3.8) is 0 Å². The van der Waals surface area contributed by atoms with Crippen molar-refractivity contribution in [3.05, 3.63) is 29.8 Å². The number of ether oxygens (including phenoxy) is 1. The summed E-state index contributed by atoms with van der Waals surface area (Å²) in [4.78, 5) is 0.303. The fourth-order valence-corrected chi connectivity index (χ4v) is 3.97. The molecule has 0 radical (unpaired) electrons. The van der Waals surface area contributed by atoms with E-state index in [1.54, 1.807) is 18.2 Å². The highest BCUT2D eigenvalue weighted by atomic mass is 32.2. The molecule has 1 saturated heterocycles. The lowest BCUT2D eigenvalue weighted by atomic mass is 10.2. The molecule has 0 amide bonds. The van der Waals surface area contributed by atoms with Crippen LogP contribution in [0.4, 0.5) is 0 Å². The first-order valence-electron chi connectivity index (χ1n) is 6.38. The average molecular weight is 284 g/mol. The lowest BCUT2D eigenvalue weighted by Crippen LogP contribution is -2.48. The summed E-state index contributed by atoms with van der Waals surface area (Å²) in [5, 5.41) is 0. The normalized spacial score (nSPS) is 25.4. The van der Waals surface area contributed by atoms with Gasteiger partial charge in [-0.15, -0.1) is 0 Å². The first-order chi connectivity index (χ1) is 8.93. The Labute approximate surface area is 114 Å². The fourth-order valence-electron chi connectivity index (χ4n) is 2.31. The summed E-state index contributed by atoms with van der Waals surface area (Å²) in [5.74, 6) is 0. The molecule has 19 heavy (non-hydrogen) atoms. The third kappa shape index (κ3) is 3.14. The molecule has 1 aliphatic rings. The molecule has 1 aromatic rings. The average Bonchev–Trinajstić information content (AvgIpc) is 2.37. The van der Waals surface area contributed by atoms with Gasteiger partial charge in [-0.05, 0) is 31.5 Å². The smallest absolute Gasteiger partial charge is 0.243 e. The van der Waals surface area contributed by atoms with Crippen LogP contribution in [-0.2, 0) is 21.3 Å². The topological polar surface area (TPSA) is 72.6 Å². The molecule has 2 atom stereocenters. The number of benzene rings is 1. The summed E-state index contributed by atoms with van der Waals surface area (Å²) in [6.07, 6.45) is -0.174. The van der Waals surface area contributed by atoms with Crippen LogP contribution in [0.2, 0.25) is 0 Å². The van der Waals surface area contributed by atoms with Crippen LogP contribution < -0.4 is 5.73 Å². The zero-order valence-electron chi connectivity index (χ0n) is 11.2. The second-order valence-electron chi connectivity index (χ2n) is 4.93. The molecular weight excluding hydrogens is 264 g/mol. The van der Waals surface area contributed by atoms with Crippen LogP contribution in [-0.4, -0.2) is 38.0 Å². The number of sulfonamides is 1. The lowest BCUT2D eigenvalue weighted by Gasteiger charge is -2.34. The SMILES string of the molecule is CC1CN(S(=O)(=O)c2cccc(CN)c2)CC(C)O1. The predicted octanol–water partition coefficient (Wildman–Crippen LogP) is 0.943. The van der Waals surface area contributed by atoms with Gasteiger partial charge in [-0.2, -0.15) is 4.31 Å². The van der Waals surface area contributed by atoms with Crippen molar-refractivity contribution in [1.82, 2.24) is 4.31 Å². The van der Waals surface area contributed by atoms with Crippen molar-refractivity contribution < 1.29 is 13.2 Å². The van der Waals surface area contributed by atoms with Crippen molar-refractivity contribution in [2.24, 2.45) is 5.73 Å². The Bertz CT molecular complexity index is 535. The van der Waals surface area contributed by atoms with E-state index < -0.39 is 10.0 Å². The number of rotatable bonds is 3. The quantitative estimate of drug-likeness (QED) is 0.896. The maximum atomic E-state index is 12.6. The van der Waals surface area contributed by atoms with Crippen LogP contribution in [0.1, 0.15) is 19.4 Å². The largest absolute Gasteiger partial charge is 0.373 e. The van der Waals surface area contributed by atoms with Crippen LogP contribution in [0.3, 0.4) is 0 Å². The van der Waals surface area contributed by atoms with E-state index in [9.17, 15) is 8.42 Å². The first kappa shape index (κ1) is 14.5. The number of nitrogens with two attached hydrogens (primary N) is 1. The van der Waals surface area contributed by atoms with Gasteiger partial charge < -0.3 is 10.5 Å². The van der Waals surface area contributed by atoms with E-state index in [-0.39, 0.29) is 12.2 Å². The Kier molecular flexibility index (Phi) is 4.25. The maximum absolute atomic E-state index is 12.6. The number of hydrogen-bond acceptors (Lipinski definition) is 4. The molecule has 0 aromatic heterocycles. The van der Waals surface area contributed by atoms with Crippen LogP contribution >= 0.6 is 0 Å². The molecule has 2 unspecified atom stereocenters. The van der Waals surface area contributed by atoms with E-state index in [2.05, 4.69) is 0 Å². The molecule has 0 spiro atoms. The number of morpholine rings is 1. The fraction of sp³-hybridized carbons (Fsp3) is 0.538. The molecule has 1 aliphatic heterocycles. The Morgan fingerprint density at radius 3 is 2.53 bits per heavy atom. The van der Waals surface area contributed by atoms with E-state index in [1.165, 1.54) is 4.31 Å². The van der Waals surface area contributed by atoms with Crippen molar-refractivity contribution in [1.29, 1.82) is 0 Å². The molecule has 2 N–H and O–H groups in total. The summed E-state index contributed by atoms with van der Waals surface area (Å²) in [6, 6.07) is 6.80. The zero-order valence-corrected chi connectivity index (χ0v) is 12.1. The molecule has 1 aromatic carbocycles. The minimum Gasteiger partial charge on any atom is -0.373 e. The van der Waals surface area contributed by atoms with Gasteiger partial charge in [0.15, 0.2) is 0 Å². The highest BCUT2D eigenvalue weighted by molar-refractivity contribution is 7.89.